The van der Waals surface area contributed by atoms with Gasteiger partial charge in [0.05, 0.1) is 0 Å². The van der Waals surface area contributed by atoms with Gasteiger partial charge < -0.3 is 5.11 Å². The fourth-order valence-electron chi connectivity index (χ4n) is 1.95. The Morgan fingerprint density at radius 2 is 1.32 bits per heavy atom. The minimum atomic E-state index is -0.700. The smallest absolute Gasteiger partial charge is 0.303 e. The standard InChI is InChI=1S/C20H32O2/c1-2-3-4-5-6-7-8-9-10-11-12-13-14-15-16-17-18-19-20(21)22/h6-7,9-12,14-15H,2-5,8,13,16-19H2,1H3,(H,21,22)/b7-6+,10-9+,12-11+,15-14+. The van der Waals surface area contributed by atoms with E-state index >= 15 is 0 Å². The first-order chi connectivity index (χ1) is 10.8. The summed E-state index contributed by atoms with van der Waals surface area (Å²) in [4.78, 5) is 10.3. The van der Waals surface area contributed by atoms with Crippen molar-refractivity contribution in [2.45, 2.75) is 71.1 Å². The van der Waals surface area contributed by atoms with E-state index in [0.29, 0.717) is 0 Å². The molecule has 0 aliphatic rings. The second-order valence-electron chi connectivity index (χ2n) is 5.41. The first-order valence-corrected chi connectivity index (χ1v) is 8.60. The average Bonchev–Trinajstić information content (AvgIpc) is 2.50. The topological polar surface area (TPSA) is 37.3 Å². The van der Waals surface area contributed by atoms with E-state index in [1.54, 1.807) is 0 Å². The molecule has 0 aromatic heterocycles. The predicted molar refractivity (Wildman–Crippen MR) is 96.0 cm³/mol. The summed E-state index contributed by atoms with van der Waals surface area (Å²) < 4.78 is 0. The van der Waals surface area contributed by atoms with Gasteiger partial charge in [0, 0.05) is 6.42 Å². The molecule has 0 bridgehead atoms. The molecule has 0 atom stereocenters. The molecule has 0 heterocycles. The first-order valence-electron chi connectivity index (χ1n) is 8.60. The van der Waals surface area contributed by atoms with Crippen LogP contribution >= 0.6 is 0 Å². The van der Waals surface area contributed by atoms with Gasteiger partial charge in [0.15, 0.2) is 0 Å². The Morgan fingerprint density at radius 1 is 0.773 bits per heavy atom. The highest BCUT2D eigenvalue weighted by Crippen LogP contribution is 2.02. The van der Waals surface area contributed by atoms with Crippen molar-refractivity contribution in [1.29, 1.82) is 0 Å². The minimum absolute atomic E-state index is 0.283. The highest BCUT2D eigenvalue weighted by atomic mass is 16.4. The Labute approximate surface area is 136 Å². The quantitative estimate of drug-likeness (QED) is 0.235. The minimum Gasteiger partial charge on any atom is -0.481 e. The van der Waals surface area contributed by atoms with Crippen LogP contribution in [0.1, 0.15) is 71.1 Å². The molecule has 0 aromatic rings. The largest absolute Gasteiger partial charge is 0.481 e. The molecule has 2 nitrogen and oxygen atoms in total. The molecule has 0 amide bonds. The van der Waals surface area contributed by atoms with Crippen LogP contribution in [0.15, 0.2) is 48.6 Å². The van der Waals surface area contributed by atoms with E-state index in [1.807, 2.05) is 0 Å². The Bertz CT molecular complexity index is 362. The molecule has 1 N–H and O–H groups in total. The lowest BCUT2D eigenvalue weighted by atomic mass is 10.2. The Kier molecular flexibility index (Phi) is 16.2. The molecule has 0 aliphatic heterocycles. The maximum atomic E-state index is 10.3. The molecule has 0 fully saturated rings. The molecule has 0 aromatic carbocycles. The van der Waals surface area contributed by atoms with E-state index in [2.05, 4.69) is 55.5 Å². The molecule has 0 aliphatic carbocycles. The van der Waals surface area contributed by atoms with Crippen LogP contribution in [0, 0.1) is 0 Å². The number of carbonyl (C=O) groups is 1. The number of carboxylic acids is 1. The van der Waals surface area contributed by atoms with Crippen molar-refractivity contribution in [2.75, 3.05) is 0 Å². The van der Waals surface area contributed by atoms with E-state index in [4.69, 9.17) is 5.11 Å². The van der Waals surface area contributed by atoms with Crippen LogP contribution in [-0.2, 0) is 4.79 Å². The molecule has 0 radical (unpaired) electrons. The molecule has 0 saturated carbocycles. The van der Waals surface area contributed by atoms with Crippen LogP contribution in [0.25, 0.3) is 0 Å². The molecular weight excluding hydrogens is 272 g/mol. The van der Waals surface area contributed by atoms with Crippen molar-refractivity contribution in [3.05, 3.63) is 48.6 Å². The van der Waals surface area contributed by atoms with Crippen molar-refractivity contribution < 1.29 is 9.90 Å². The van der Waals surface area contributed by atoms with Gasteiger partial charge in [-0.25, -0.2) is 0 Å². The lowest BCUT2D eigenvalue weighted by Crippen LogP contribution is -1.92. The number of carboxylic acid groups (broad SMARTS) is 1. The zero-order valence-corrected chi connectivity index (χ0v) is 14.0. The lowest BCUT2D eigenvalue weighted by Gasteiger charge is -1.92. The van der Waals surface area contributed by atoms with Crippen LogP contribution < -0.4 is 0 Å². The summed E-state index contributed by atoms with van der Waals surface area (Å²) in [6.45, 7) is 2.23. The molecule has 0 rings (SSSR count). The molecule has 0 unspecified atom stereocenters. The van der Waals surface area contributed by atoms with Gasteiger partial charge in [0.25, 0.3) is 0 Å². The molecule has 0 spiro atoms. The third kappa shape index (κ3) is 18.4. The zero-order chi connectivity index (χ0) is 16.3. The van der Waals surface area contributed by atoms with Crippen molar-refractivity contribution in [3.63, 3.8) is 0 Å². The van der Waals surface area contributed by atoms with Gasteiger partial charge in [0.2, 0.25) is 0 Å². The normalized spacial score (nSPS) is 12.4. The maximum absolute atomic E-state index is 10.3. The number of allylic oxidation sites excluding steroid dienone is 8. The summed E-state index contributed by atoms with van der Waals surface area (Å²) in [5, 5.41) is 8.50. The molecular formula is C20H32O2. The van der Waals surface area contributed by atoms with Crippen molar-refractivity contribution >= 4 is 5.97 Å². The lowest BCUT2D eigenvalue weighted by molar-refractivity contribution is -0.137. The summed E-state index contributed by atoms with van der Waals surface area (Å²) in [7, 11) is 0. The molecule has 124 valence electrons. The number of hydrogen-bond donors (Lipinski definition) is 1. The third-order valence-electron chi connectivity index (χ3n) is 3.25. The molecule has 0 saturated heterocycles. The van der Waals surface area contributed by atoms with E-state index in [-0.39, 0.29) is 6.42 Å². The average molecular weight is 304 g/mol. The van der Waals surface area contributed by atoms with Crippen LogP contribution in [0.4, 0.5) is 0 Å². The van der Waals surface area contributed by atoms with Gasteiger partial charge in [-0.05, 0) is 44.9 Å². The van der Waals surface area contributed by atoms with E-state index in [9.17, 15) is 4.79 Å². The molecule has 22 heavy (non-hydrogen) atoms. The maximum Gasteiger partial charge on any atom is 0.303 e. The summed E-state index contributed by atoms with van der Waals surface area (Å²) in [6, 6.07) is 0. The van der Waals surface area contributed by atoms with Gasteiger partial charge in [-0.2, -0.15) is 0 Å². The molecule has 2 heteroatoms. The fourth-order valence-corrected chi connectivity index (χ4v) is 1.95. The van der Waals surface area contributed by atoms with E-state index in [0.717, 1.165) is 32.1 Å². The van der Waals surface area contributed by atoms with Gasteiger partial charge >= 0.3 is 5.97 Å². The summed E-state index contributed by atoms with van der Waals surface area (Å²) in [5.41, 5.74) is 0. The number of hydrogen-bond acceptors (Lipinski definition) is 1. The predicted octanol–water partition coefficient (Wildman–Crippen LogP) is 6.22. The van der Waals surface area contributed by atoms with Crippen LogP contribution in [0.2, 0.25) is 0 Å². The highest BCUT2D eigenvalue weighted by molar-refractivity contribution is 5.66. The van der Waals surface area contributed by atoms with Crippen LogP contribution in [0.5, 0.6) is 0 Å². The highest BCUT2D eigenvalue weighted by Gasteiger charge is 1.93. The Hall–Kier alpha value is -1.57. The van der Waals surface area contributed by atoms with Gasteiger partial charge in [-0.3, -0.25) is 4.79 Å². The summed E-state index contributed by atoms with van der Waals surface area (Å²) in [6.07, 6.45) is 27.3. The Morgan fingerprint density at radius 3 is 1.82 bits per heavy atom. The Balaban J connectivity index is 3.42. The second-order valence-corrected chi connectivity index (χ2v) is 5.41. The number of aliphatic carboxylic acids is 1. The van der Waals surface area contributed by atoms with Gasteiger partial charge in [-0.1, -0.05) is 68.4 Å². The van der Waals surface area contributed by atoms with Crippen molar-refractivity contribution in [1.82, 2.24) is 0 Å². The van der Waals surface area contributed by atoms with Gasteiger partial charge in [0.1, 0.15) is 0 Å². The fraction of sp³-hybridized carbons (Fsp3) is 0.550. The first kappa shape index (κ1) is 20.4. The summed E-state index contributed by atoms with van der Waals surface area (Å²) >= 11 is 0. The van der Waals surface area contributed by atoms with Crippen molar-refractivity contribution in [3.8, 4) is 0 Å². The number of rotatable bonds is 14. The van der Waals surface area contributed by atoms with Gasteiger partial charge in [-0.15, -0.1) is 0 Å². The van der Waals surface area contributed by atoms with E-state index < -0.39 is 5.97 Å². The second kappa shape index (κ2) is 17.5. The monoisotopic (exact) mass is 304 g/mol. The third-order valence-corrected chi connectivity index (χ3v) is 3.25. The summed E-state index contributed by atoms with van der Waals surface area (Å²) in [5.74, 6) is -0.700. The van der Waals surface area contributed by atoms with Crippen LogP contribution in [0.3, 0.4) is 0 Å². The zero-order valence-electron chi connectivity index (χ0n) is 14.0. The number of unbranched alkanes of at least 4 members (excludes halogenated alkanes) is 5. The van der Waals surface area contributed by atoms with Crippen molar-refractivity contribution in [2.24, 2.45) is 0 Å². The van der Waals surface area contributed by atoms with E-state index in [1.165, 1.54) is 25.7 Å². The SMILES string of the molecule is CCCCC/C=C/C/C=C/C=C/C/C=C/CCCCC(=O)O. The van der Waals surface area contributed by atoms with Crippen LogP contribution in [-0.4, -0.2) is 11.1 Å².